The van der Waals surface area contributed by atoms with Gasteiger partial charge < -0.3 is 10.3 Å². The number of H-pyrrole nitrogens is 1. The van der Waals surface area contributed by atoms with Crippen LogP contribution in [0.15, 0.2) is 4.79 Å². The number of hydrogen-bond donors (Lipinski definition) is 2. The van der Waals surface area contributed by atoms with Gasteiger partial charge in [0.1, 0.15) is 5.82 Å². The van der Waals surface area contributed by atoms with E-state index in [0.717, 1.165) is 17.8 Å². The predicted octanol–water partition coefficient (Wildman–Crippen LogP) is 1.84. The Bertz CT molecular complexity index is 474. The van der Waals surface area contributed by atoms with Crippen molar-refractivity contribution in [2.24, 2.45) is 5.41 Å². The molecule has 1 fully saturated rings. The molecule has 0 radical (unpaired) electrons. The lowest BCUT2D eigenvalue weighted by Gasteiger charge is -2.18. The van der Waals surface area contributed by atoms with Crippen LogP contribution in [-0.2, 0) is 0 Å². The average Bonchev–Trinajstić information content (AvgIpc) is 2.93. The molecule has 2 rings (SSSR count). The number of aryl methyl sites for hydroxylation is 2. The van der Waals surface area contributed by atoms with Gasteiger partial charge in [-0.05, 0) is 39.0 Å². The molecule has 1 heterocycles. The van der Waals surface area contributed by atoms with Crippen molar-refractivity contribution in [3.8, 4) is 0 Å². The van der Waals surface area contributed by atoms with E-state index in [0.29, 0.717) is 11.2 Å². The van der Waals surface area contributed by atoms with Crippen LogP contribution in [0.4, 0.5) is 0 Å². The number of aromatic nitrogens is 2. The lowest BCUT2D eigenvalue weighted by Crippen LogP contribution is -2.31. The Morgan fingerprint density at radius 1 is 1.47 bits per heavy atom. The molecule has 4 heteroatoms. The van der Waals surface area contributed by atoms with Crippen LogP contribution in [-0.4, -0.2) is 16.5 Å². The average molecular weight is 235 g/mol. The van der Waals surface area contributed by atoms with E-state index in [4.69, 9.17) is 0 Å². The smallest absolute Gasteiger partial charge is 0.255 e. The summed E-state index contributed by atoms with van der Waals surface area (Å²) in [5.41, 5.74) is 2.02. The zero-order valence-electron chi connectivity index (χ0n) is 11.1. The van der Waals surface area contributed by atoms with Crippen LogP contribution in [0.5, 0.6) is 0 Å². The van der Waals surface area contributed by atoms with Crippen LogP contribution in [0.3, 0.4) is 0 Å². The van der Waals surface area contributed by atoms with Crippen LogP contribution in [0, 0.1) is 19.3 Å². The van der Waals surface area contributed by atoms with Gasteiger partial charge in [0, 0.05) is 18.3 Å². The van der Waals surface area contributed by atoms with E-state index in [9.17, 15) is 4.79 Å². The van der Waals surface area contributed by atoms with Crippen molar-refractivity contribution in [2.45, 2.75) is 46.6 Å². The van der Waals surface area contributed by atoms with Crippen LogP contribution in [0.2, 0.25) is 0 Å². The fraction of sp³-hybridized carbons (Fsp3) is 0.692. The van der Waals surface area contributed by atoms with E-state index in [-0.39, 0.29) is 11.6 Å². The first-order valence-electron chi connectivity index (χ1n) is 6.22. The minimum atomic E-state index is -0.0176. The molecular formula is C13H21N3O. The minimum Gasteiger partial charge on any atom is -0.310 e. The van der Waals surface area contributed by atoms with E-state index < -0.39 is 0 Å². The summed E-state index contributed by atoms with van der Waals surface area (Å²) < 4.78 is 0. The Kier molecular flexibility index (Phi) is 3.08. The molecule has 0 spiro atoms. The molecule has 1 aliphatic carbocycles. The summed E-state index contributed by atoms with van der Waals surface area (Å²) in [6, 6.07) is 0.0595. The third-order valence-corrected chi connectivity index (χ3v) is 3.64. The van der Waals surface area contributed by atoms with Gasteiger partial charge in [0.25, 0.3) is 5.56 Å². The molecule has 1 saturated carbocycles. The maximum atomic E-state index is 11.9. The van der Waals surface area contributed by atoms with E-state index >= 15 is 0 Å². The van der Waals surface area contributed by atoms with Crippen molar-refractivity contribution in [3.05, 3.63) is 27.4 Å². The Morgan fingerprint density at radius 3 is 2.65 bits per heavy atom. The minimum absolute atomic E-state index is 0.0176. The molecule has 94 valence electrons. The van der Waals surface area contributed by atoms with Crippen LogP contribution >= 0.6 is 0 Å². The number of nitrogens with one attached hydrogen (secondary N) is 2. The molecule has 0 bridgehead atoms. The highest BCUT2D eigenvalue weighted by atomic mass is 16.1. The first-order valence-corrected chi connectivity index (χ1v) is 6.22. The molecule has 1 aromatic heterocycles. The van der Waals surface area contributed by atoms with Crippen molar-refractivity contribution in [1.82, 2.24) is 15.3 Å². The van der Waals surface area contributed by atoms with Crippen LogP contribution in [0.25, 0.3) is 0 Å². The summed E-state index contributed by atoms with van der Waals surface area (Å²) in [6.45, 7) is 8.98. The molecular weight excluding hydrogens is 214 g/mol. The molecule has 0 aliphatic heterocycles. The summed E-state index contributed by atoms with van der Waals surface area (Å²) in [4.78, 5) is 19.0. The molecule has 0 amide bonds. The highest BCUT2D eigenvalue weighted by Crippen LogP contribution is 2.44. The van der Waals surface area contributed by atoms with E-state index in [1.807, 2.05) is 20.8 Å². The topological polar surface area (TPSA) is 57.8 Å². The molecule has 1 aromatic rings. The van der Waals surface area contributed by atoms with Gasteiger partial charge in [-0.15, -0.1) is 0 Å². The normalized spacial score (nSPS) is 19.1. The van der Waals surface area contributed by atoms with Gasteiger partial charge in [-0.25, -0.2) is 4.98 Å². The second kappa shape index (κ2) is 4.26. The Hall–Kier alpha value is -1.16. The van der Waals surface area contributed by atoms with Crippen molar-refractivity contribution < 1.29 is 0 Å². The maximum Gasteiger partial charge on any atom is 0.255 e. The van der Waals surface area contributed by atoms with Gasteiger partial charge in [0.2, 0.25) is 0 Å². The zero-order chi connectivity index (χ0) is 12.6. The Balaban J connectivity index is 2.13. The van der Waals surface area contributed by atoms with Gasteiger partial charge in [-0.3, -0.25) is 4.79 Å². The number of rotatable bonds is 4. The molecule has 1 unspecified atom stereocenters. The first kappa shape index (κ1) is 12.3. The van der Waals surface area contributed by atoms with Crippen molar-refractivity contribution in [2.75, 3.05) is 6.54 Å². The molecule has 17 heavy (non-hydrogen) atoms. The quantitative estimate of drug-likeness (QED) is 0.837. The lowest BCUT2D eigenvalue weighted by molar-refractivity contribution is 0.453. The maximum absolute atomic E-state index is 11.9. The monoisotopic (exact) mass is 235 g/mol. The van der Waals surface area contributed by atoms with E-state index in [1.54, 1.807) is 0 Å². The zero-order valence-corrected chi connectivity index (χ0v) is 11.1. The molecule has 1 atom stereocenters. The third kappa shape index (κ3) is 2.75. The van der Waals surface area contributed by atoms with Crippen molar-refractivity contribution in [1.29, 1.82) is 0 Å². The second-order valence-corrected chi connectivity index (χ2v) is 5.56. The third-order valence-electron chi connectivity index (χ3n) is 3.64. The fourth-order valence-electron chi connectivity index (χ4n) is 2.14. The SMILES string of the molecule is Cc1nc(C)c(C(C)NCC2(C)CC2)c(=O)[nH]1. The lowest BCUT2D eigenvalue weighted by atomic mass is 10.1. The number of aromatic amines is 1. The van der Waals surface area contributed by atoms with Gasteiger partial charge in [0.05, 0.1) is 5.56 Å². The molecule has 0 saturated heterocycles. The molecule has 0 aromatic carbocycles. The van der Waals surface area contributed by atoms with Gasteiger partial charge in [0.15, 0.2) is 0 Å². The summed E-state index contributed by atoms with van der Waals surface area (Å²) in [5, 5.41) is 3.44. The molecule has 2 N–H and O–H groups in total. The number of hydrogen-bond acceptors (Lipinski definition) is 3. The first-order chi connectivity index (χ1) is 7.91. The summed E-state index contributed by atoms with van der Waals surface area (Å²) in [5.74, 6) is 0.678. The molecule has 4 nitrogen and oxygen atoms in total. The fourth-order valence-corrected chi connectivity index (χ4v) is 2.14. The highest BCUT2D eigenvalue weighted by molar-refractivity contribution is 5.20. The van der Waals surface area contributed by atoms with Crippen molar-refractivity contribution >= 4 is 0 Å². The Morgan fingerprint density at radius 2 is 2.12 bits per heavy atom. The van der Waals surface area contributed by atoms with Gasteiger partial charge >= 0.3 is 0 Å². The number of nitrogens with zero attached hydrogens (tertiary/aromatic N) is 1. The largest absolute Gasteiger partial charge is 0.310 e. The second-order valence-electron chi connectivity index (χ2n) is 5.56. The van der Waals surface area contributed by atoms with E-state index in [1.165, 1.54) is 12.8 Å². The molecule has 1 aliphatic rings. The summed E-state index contributed by atoms with van der Waals surface area (Å²) in [7, 11) is 0. The van der Waals surface area contributed by atoms with Gasteiger partial charge in [-0.1, -0.05) is 6.92 Å². The van der Waals surface area contributed by atoms with E-state index in [2.05, 4.69) is 22.2 Å². The van der Waals surface area contributed by atoms with Crippen LogP contribution < -0.4 is 10.9 Å². The predicted molar refractivity (Wildman–Crippen MR) is 68.1 cm³/mol. The van der Waals surface area contributed by atoms with Crippen molar-refractivity contribution in [3.63, 3.8) is 0 Å². The van der Waals surface area contributed by atoms with Gasteiger partial charge in [-0.2, -0.15) is 0 Å². The van der Waals surface area contributed by atoms with Crippen LogP contribution in [0.1, 0.15) is 49.8 Å². The highest BCUT2D eigenvalue weighted by Gasteiger charge is 2.37. The Labute approximate surface area is 102 Å². The summed E-state index contributed by atoms with van der Waals surface area (Å²) in [6.07, 6.45) is 2.57. The summed E-state index contributed by atoms with van der Waals surface area (Å²) >= 11 is 0. The standard InChI is InChI=1S/C13H21N3O/c1-8(14-7-13(4)5-6-13)11-9(2)15-10(3)16-12(11)17/h8,14H,5-7H2,1-4H3,(H,15,16,17).